The molecule has 0 aromatic heterocycles. The van der Waals surface area contributed by atoms with Crippen molar-refractivity contribution in [1.82, 2.24) is 10.4 Å². The number of hydroxylamine groups is 1. The number of amides is 2. The number of β-lactam (4-membered cyclic amide) rings is 1. The summed E-state index contributed by atoms with van der Waals surface area (Å²) in [6, 6.07) is 7.08. The predicted molar refractivity (Wildman–Crippen MR) is 106 cm³/mol. The third kappa shape index (κ3) is 4.95. The topological polar surface area (TPSA) is 113 Å². The normalized spacial score (nSPS) is 22.5. The number of benzene rings is 1. The molecule has 2 N–H and O–H groups in total. The first-order valence-electron chi connectivity index (χ1n) is 7.99. The summed E-state index contributed by atoms with van der Waals surface area (Å²) < 4.78 is -0.565. The van der Waals surface area contributed by atoms with E-state index in [1.807, 2.05) is 19.3 Å². The molecule has 0 aliphatic carbocycles. The molecule has 1 unspecified atom stereocenters. The zero-order valence-electron chi connectivity index (χ0n) is 14.2. The van der Waals surface area contributed by atoms with Gasteiger partial charge in [0.25, 0.3) is 5.91 Å². The number of thioether (sulfide) groups is 1. The summed E-state index contributed by atoms with van der Waals surface area (Å²) >= 11 is 1.50. The van der Waals surface area contributed by atoms with Gasteiger partial charge in [-0.05, 0) is 19.4 Å². The third-order valence-electron chi connectivity index (χ3n) is 4.44. The predicted octanol–water partition coefficient (Wildman–Crippen LogP) is -0.415. The van der Waals surface area contributed by atoms with Crippen molar-refractivity contribution in [2.45, 2.75) is 42.3 Å². The average molecular weight is 426 g/mol. The Labute approximate surface area is 210 Å². The van der Waals surface area contributed by atoms with E-state index >= 15 is 0 Å². The Kier molecular flexibility index (Phi) is 9.08. The molecule has 2 heterocycles. The van der Waals surface area contributed by atoms with Crippen molar-refractivity contribution in [3.63, 3.8) is 0 Å². The average Bonchev–Trinajstić information content (AvgIpc) is 2.79. The summed E-state index contributed by atoms with van der Waals surface area (Å²) in [5, 5.41) is 9.25. The number of nitrogens with one attached hydrogen (secondary N) is 1. The van der Waals surface area contributed by atoms with Gasteiger partial charge in [-0.25, -0.2) is 4.79 Å². The maximum absolute atomic E-state index is 12.4. The molecule has 0 bridgehead atoms. The molecular formula is C17H20N2Na2O6S. The van der Waals surface area contributed by atoms with E-state index in [-0.39, 0.29) is 76.0 Å². The Morgan fingerprint density at radius 3 is 2.39 bits per heavy atom. The first-order valence-corrected chi connectivity index (χ1v) is 8.87. The van der Waals surface area contributed by atoms with E-state index in [0.29, 0.717) is 6.42 Å². The van der Waals surface area contributed by atoms with Crippen LogP contribution >= 0.6 is 11.8 Å². The van der Waals surface area contributed by atoms with Crippen molar-refractivity contribution in [3.8, 4) is 0 Å². The zero-order valence-corrected chi connectivity index (χ0v) is 15.0. The molecule has 142 valence electrons. The molecule has 0 radical (unpaired) electrons. The molecule has 8 nitrogen and oxygen atoms in total. The summed E-state index contributed by atoms with van der Waals surface area (Å²) in [4.78, 5) is 54.2. The number of aliphatic carboxylic acids is 1. The van der Waals surface area contributed by atoms with Gasteiger partial charge in [0.1, 0.15) is 6.04 Å². The Morgan fingerprint density at radius 1 is 1.25 bits per heavy atom. The van der Waals surface area contributed by atoms with Crippen LogP contribution in [0.3, 0.4) is 0 Å². The first kappa shape index (κ1) is 25.5. The van der Waals surface area contributed by atoms with Crippen molar-refractivity contribution < 1.29 is 29.1 Å². The van der Waals surface area contributed by atoms with Gasteiger partial charge in [0.05, 0.1) is 11.8 Å². The van der Waals surface area contributed by atoms with E-state index in [0.717, 1.165) is 0 Å². The Balaban J connectivity index is 0.00000196. The Bertz CT molecular complexity index is 776. The van der Waals surface area contributed by atoms with Crippen LogP contribution < -0.4 is 5.48 Å². The molecule has 3 atom stereocenters. The van der Waals surface area contributed by atoms with Crippen molar-refractivity contribution >= 4 is 94.6 Å². The second-order valence-electron chi connectivity index (χ2n) is 6.65. The van der Waals surface area contributed by atoms with Gasteiger partial charge >= 0.3 is 71.1 Å². The fraction of sp³-hybridized carbons (Fsp3) is 0.412. The van der Waals surface area contributed by atoms with Crippen LogP contribution in [0.2, 0.25) is 0 Å². The van der Waals surface area contributed by atoms with E-state index in [1.54, 1.807) is 18.2 Å². The molecule has 2 amide bonds. The Hall–Kier alpha value is -0.550. The van der Waals surface area contributed by atoms with Crippen LogP contribution in [0.4, 0.5) is 0 Å². The third-order valence-corrected chi connectivity index (χ3v) is 5.94. The van der Waals surface area contributed by atoms with Crippen molar-refractivity contribution in [2.75, 3.05) is 0 Å². The SMILES string of the molecule is CC1(C)S[C@@H]2CC(=O)N2[C@H]1C(=O)ONC(=O)C(C(=O)O)c1ccccc1.[NaH].[NaH]. The molecule has 3 rings (SSSR count). The fourth-order valence-electron chi connectivity index (χ4n) is 3.22. The molecule has 2 fully saturated rings. The Morgan fingerprint density at radius 2 is 1.86 bits per heavy atom. The summed E-state index contributed by atoms with van der Waals surface area (Å²) in [5.74, 6) is -4.77. The van der Waals surface area contributed by atoms with Crippen LogP contribution in [-0.2, 0) is 24.0 Å². The maximum atomic E-state index is 12.4. The number of carbonyl (C=O) groups is 4. The van der Waals surface area contributed by atoms with Gasteiger partial charge in [0.2, 0.25) is 5.91 Å². The second kappa shape index (κ2) is 9.97. The molecule has 2 saturated heterocycles. The van der Waals surface area contributed by atoms with Crippen LogP contribution in [0, 0.1) is 0 Å². The molecule has 1 aromatic carbocycles. The van der Waals surface area contributed by atoms with Crippen molar-refractivity contribution in [2.24, 2.45) is 0 Å². The van der Waals surface area contributed by atoms with Gasteiger partial charge in [-0.15, -0.1) is 11.8 Å². The number of carboxylic acid groups (broad SMARTS) is 1. The number of carboxylic acids is 1. The molecule has 2 aliphatic heterocycles. The van der Waals surface area contributed by atoms with Crippen LogP contribution in [0.15, 0.2) is 30.3 Å². The number of hydrogen-bond donors (Lipinski definition) is 2. The van der Waals surface area contributed by atoms with Gasteiger partial charge in [0, 0.05) is 4.75 Å². The molecule has 2 aliphatic rings. The molecule has 11 heteroatoms. The van der Waals surface area contributed by atoms with Crippen LogP contribution in [-0.4, -0.2) is 109 Å². The van der Waals surface area contributed by atoms with Gasteiger partial charge in [-0.3, -0.25) is 14.4 Å². The number of nitrogens with zero attached hydrogens (tertiary/aromatic N) is 1. The quantitative estimate of drug-likeness (QED) is 0.291. The van der Waals surface area contributed by atoms with Crippen LogP contribution in [0.25, 0.3) is 0 Å². The summed E-state index contributed by atoms with van der Waals surface area (Å²) in [5.41, 5.74) is 2.20. The van der Waals surface area contributed by atoms with E-state index in [1.165, 1.54) is 28.8 Å². The standard InChI is InChI=1S/C17H18N2O6S.2Na.2H/c1-17(2)13(19-10(20)8-11(19)26-17)16(24)25-18-14(21)12(15(22)23)9-6-4-3-5-7-9;;;;/h3-7,11-13H,8H2,1-2H3,(H,18,21)(H,22,23);;;;/t11-,12?,13+;;;;/m1..../s1. The number of hydrogen-bond acceptors (Lipinski definition) is 6. The van der Waals surface area contributed by atoms with E-state index in [2.05, 4.69) is 0 Å². The van der Waals surface area contributed by atoms with Crippen molar-refractivity contribution in [3.05, 3.63) is 35.9 Å². The number of carbonyl (C=O) groups excluding carboxylic acids is 3. The summed E-state index contributed by atoms with van der Waals surface area (Å²) in [6.45, 7) is 3.64. The summed E-state index contributed by atoms with van der Waals surface area (Å²) in [7, 11) is 0. The molecular weight excluding hydrogens is 406 g/mol. The van der Waals surface area contributed by atoms with Gasteiger partial charge < -0.3 is 14.8 Å². The second-order valence-corrected chi connectivity index (χ2v) is 8.49. The number of rotatable bonds is 4. The van der Waals surface area contributed by atoms with E-state index < -0.39 is 34.6 Å². The van der Waals surface area contributed by atoms with E-state index in [4.69, 9.17) is 4.84 Å². The molecule has 0 saturated carbocycles. The number of fused-ring (bicyclic) bond motifs is 1. The molecule has 28 heavy (non-hydrogen) atoms. The monoisotopic (exact) mass is 426 g/mol. The van der Waals surface area contributed by atoms with Gasteiger partial charge in [-0.1, -0.05) is 30.3 Å². The first-order chi connectivity index (χ1) is 12.2. The van der Waals surface area contributed by atoms with E-state index in [9.17, 15) is 24.3 Å². The van der Waals surface area contributed by atoms with Crippen molar-refractivity contribution in [1.29, 1.82) is 0 Å². The fourth-order valence-corrected chi connectivity index (χ4v) is 4.84. The minimum absolute atomic E-state index is 0. The summed E-state index contributed by atoms with van der Waals surface area (Å²) in [6.07, 6.45) is 0.374. The molecule has 1 aromatic rings. The van der Waals surface area contributed by atoms with Crippen LogP contribution in [0.1, 0.15) is 31.7 Å². The van der Waals surface area contributed by atoms with Gasteiger partial charge in [-0.2, -0.15) is 5.48 Å². The molecule has 0 spiro atoms. The van der Waals surface area contributed by atoms with Crippen LogP contribution in [0.5, 0.6) is 0 Å². The minimum atomic E-state index is -1.51. The van der Waals surface area contributed by atoms with Gasteiger partial charge in [0.15, 0.2) is 5.92 Å². The zero-order chi connectivity index (χ0) is 19.1.